The Bertz CT molecular complexity index is 1130. The van der Waals surface area contributed by atoms with Crippen molar-refractivity contribution in [2.75, 3.05) is 6.54 Å². The van der Waals surface area contributed by atoms with Crippen molar-refractivity contribution in [3.8, 4) is 16.9 Å². The van der Waals surface area contributed by atoms with Gasteiger partial charge in [0.15, 0.2) is 5.75 Å². The Morgan fingerprint density at radius 1 is 1.03 bits per heavy atom. The van der Waals surface area contributed by atoms with Crippen molar-refractivity contribution in [3.63, 3.8) is 0 Å². The molecule has 2 heterocycles. The zero-order chi connectivity index (χ0) is 25.0. The topological polar surface area (TPSA) is 113 Å². The minimum Gasteiger partial charge on any atom is -0.408 e. The molecule has 34 heavy (non-hydrogen) atoms. The molecule has 0 radical (unpaired) electrons. The van der Waals surface area contributed by atoms with Crippen molar-refractivity contribution < 1.29 is 32.3 Å². The summed E-state index contributed by atoms with van der Waals surface area (Å²) in [7, 11) is 0. The van der Waals surface area contributed by atoms with Gasteiger partial charge in [0, 0.05) is 23.7 Å². The van der Waals surface area contributed by atoms with Gasteiger partial charge in [-0.25, -0.2) is 9.59 Å². The second kappa shape index (κ2) is 8.23. The number of halogens is 3. The van der Waals surface area contributed by atoms with Crippen molar-refractivity contribution in [1.82, 2.24) is 9.63 Å². The highest BCUT2D eigenvalue weighted by molar-refractivity contribution is 5.81. The Balaban J connectivity index is 2.02. The number of carbonyl (C=O) groups is 2. The van der Waals surface area contributed by atoms with Crippen LogP contribution in [0.1, 0.15) is 62.5 Å². The molecule has 1 aromatic carbocycles. The third kappa shape index (κ3) is 4.44. The number of hydrogen-bond donors (Lipinski definition) is 2. The third-order valence-electron chi connectivity index (χ3n) is 6.06. The number of nitrogens with zero attached hydrogens (tertiary/aromatic N) is 2. The molecule has 1 aliphatic carbocycles. The van der Waals surface area contributed by atoms with Crippen LogP contribution in [-0.2, 0) is 17.6 Å². The standard InChI is InChI=1S/C23H27F3N4O4/c1-22(2,3)19-17-18(33-20(27)31)15(13-5-4-6-14(11-13)23(24,25)26)16(12-7-8-12)29(17)9-10-30(19)34-21(28)32/h4-6,11-12,19H,7-10H2,1-3H3,(H2,27,31)(H2,28,32). The summed E-state index contributed by atoms with van der Waals surface area (Å²) >= 11 is 0. The maximum absolute atomic E-state index is 13.5. The summed E-state index contributed by atoms with van der Waals surface area (Å²) in [5, 5.41) is 1.43. The van der Waals surface area contributed by atoms with Crippen molar-refractivity contribution in [2.24, 2.45) is 16.9 Å². The summed E-state index contributed by atoms with van der Waals surface area (Å²) in [4.78, 5) is 28.8. The van der Waals surface area contributed by atoms with E-state index >= 15 is 0 Å². The van der Waals surface area contributed by atoms with Gasteiger partial charge < -0.3 is 25.6 Å². The van der Waals surface area contributed by atoms with E-state index in [9.17, 15) is 22.8 Å². The number of nitrogens with two attached hydrogens (primary N) is 2. The van der Waals surface area contributed by atoms with Crippen LogP contribution in [0.15, 0.2) is 24.3 Å². The minimum absolute atomic E-state index is 0.0754. The lowest BCUT2D eigenvalue weighted by molar-refractivity contribution is -0.168. The van der Waals surface area contributed by atoms with Crippen molar-refractivity contribution in [1.29, 1.82) is 0 Å². The normalized spacial score (nSPS) is 18.9. The molecule has 1 saturated carbocycles. The van der Waals surface area contributed by atoms with Crippen LogP contribution in [0.25, 0.3) is 11.1 Å². The zero-order valence-corrected chi connectivity index (χ0v) is 19.1. The molecule has 2 aliphatic rings. The number of rotatable bonds is 4. The molecule has 0 bridgehead atoms. The first-order valence-electron chi connectivity index (χ1n) is 10.9. The lowest BCUT2D eigenvalue weighted by atomic mass is 9.83. The van der Waals surface area contributed by atoms with Crippen LogP contribution in [0.3, 0.4) is 0 Å². The number of ether oxygens (including phenoxy) is 1. The van der Waals surface area contributed by atoms with Crippen LogP contribution >= 0.6 is 0 Å². The summed E-state index contributed by atoms with van der Waals surface area (Å²) in [6.07, 6.45) is -4.92. The highest BCUT2D eigenvalue weighted by Crippen LogP contribution is 2.55. The van der Waals surface area contributed by atoms with Gasteiger partial charge in [-0.2, -0.15) is 13.2 Å². The van der Waals surface area contributed by atoms with E-state index in [1.165, 1.54) is 11.1 Å². The summed E-state index contributed by atoms with van der Waals surface area (Å²) in [5.74, 6) is 0.171. The van der Waals surface area contributed by atoms with Gasteiger partial charge in [0.05, 0.1) is 23.8 Å². The van der Waals surface area contributed by atoms with Gasteiger partial charge in [0.25, 0.3) is 0 Å². The Hall–Kier alpha value is -3.21. The summed E-state index contributed by atoms with van der Waals surface area (Å²) in [6.45, 7) is 6.38. The van der Waals surface area contributed by atoms with E-state index in [2.05, 4.69) is 0 Å². The molecule has 4 N–H and O–H groups in total. The van der Waals surface area contributed by atoms with Gasteiger partial charge in [0.2, 0.25) is 0 Å². The lowest BCUT2D eigenvalue weighted by Gasteiger charge is -2.42. The molecule has 11 heteroatoms. The summed E-state index contributed by atoms with van der Waals surface area (Å²) in [5.41, 5.74) is 11.3. The van der Waals surface area contributed by atoms with Crippen LogP contribution in [0, 0.1) is 5.41 Å². The maximum atomic E-state index is 13.5. The van der Waals surface area contributed by atoms with Crippen LogP contribution in [0.4, 0.5) is 22.8 Å². The second-order valence-electron chi connectivity index (χ2n) is 9.72. The maximum Gasteiger partial charge on any atom is 0.423 e. The van der Waals surface area contributed by atoms with Gasteiger partial charge in [-0.1, -0.05) is 32.9 Å². The van der Waals surface area contributed by atoms with Gasteiger partial charge in [-0.05, 0) is 36.0 Å². The zero-order valence-electron chi connectivity index (χ0n) is 19.1. The van der Waals surface area contributed by atoms with E-state index in [1.54, 1.807) is 6.07 Å². The molecule has 1 aromatic heterocycles. The van der Waals surface area contributed by atoms with Gasteiger partial charge in [-0.3, -0.25) is 0 Å². The van der Waals surface area contributed by atoms with E-state index in [1.807, 2.05) is 25.3 Å². The predicted octanol–water partition coefficient (Wildman–Crippen LogP) is 4.92. The highest BCUT2D eigenvalue weighted by Gasteiger charge is 2.46. The first-order valence-corrected chi connectivity index (χ1v) is 10.9. The lowest BCUT2D eigenvalue weighted by Crippen LogP contribution is -2.46. The van der Waals surface area contributed by atoms with E-state index in [0.717, 1.165) is 30.7 Å². The fourth-order valence-corrected chi connectivity index (χ4v) is 4.78. The van der Waals surface area contributed by atoms with Crippen molar-refractivity contribution in [2.45, 2.75) is 58.3 Å². The van der Waals surface area contributed by atoms with Crippen LogP contribution < -0.4 is 16.2 Å². The molecular formula is C23H27F3N4O4. The monoisotopic (exact) mass is 480 g/mol. The minimum atomic E-state index is -4.54. The summed E-state index contributed by atoms with van der Waals surface area (Å²) in [6, 6.07) is 4.31. The average Bonchev–Trinajstić information content (AvgIpc) is 3.49. The molecule has 0 saturated heterocycles. The van der Waals surface area contributed by atoms with Crippen molar-refractivity contribution >= 4 is 12.2 Å². The van der Waals surface area contributed by atoms with Crippen LogP contribution in [0.2, 0.25) is 0 Å². The molecule has 2 amide bonds. The molecule has 1 fully saturated rings. The molecule has 8 nitrogen and oxygen atoms in total. The number of fused-ring (bicyclic) bond motifs is 1. The van der Waals surface area contributed by atoms with E-state index < -0.39 is 35.4 Å². The van der Waals surface area contributed by atoms with E-state index in [0.29, 0.717) is 24.3 Å². The number of amides is 2. The first-order chi connectivity index (χ1) is 15.8. The fraction of sp³-hybridized carbons (Fsp3) is 0.478. The molecule has 0 spiro atoms. The molecular weight excluding hydrogens is 453 g/mol. The number of carbonyl (C=O) groups excluding carboxylic acids is 2. The number of alkyl halides is 3. The molecule has 184 valence electrons. The number of primary amides is 2. The number of hydroxylamine groups is 2. The van der Waals surface area contributed by atoms with Gasteiger partial charge >= 0.3 is 18.4 Å². The molecule has 1 unspecified atom stereocenters. The Labute approximate surface area is 194 Å². The van der Waals surface area contributed by atoms with Gasteiger partial charge in [-0.15, -0.1) is 5.06 Å². The highest BCUT2D eigenvalue weighted by atomic mass is 19.4. The third-order valence-corrected chi connectivity index (χ3v) is 6.06. The van der Waals surface area contributed by atoms with Crippen LogP contribution in [-0.4, -0.2) is 28.4 Å². The van der Waals surface area contributed by atoms with E-state index in [4.69, 9.17) is 21.0 Å². The number of aromatic nitrogens is 1. The fourth-order valence-electron chi connectivity index (χ4n) is 4.78. The van der Waals surface area contributed by atoms with E-state index in [-0.39, 0.29) is 17.2 Å². The van der Waals surface area contributed by atoms with Crippen molar-refractivity contribution in [3.05, 3.63) is 41.2 Å². The second-order valence-corrected chi connectivity index (χ2v) is 9.72. The summed E-state index contributed by atoms with van der Waals surface area (Å²) < 4.78 is 48.0. The largest absolute Gasteiger partial charge is 0.423 e. The molecule has 1 atom stereocenters. The SMILES string of the molecule is CC(C)(C)C1c2c(OC(N)=O)c(-c3cccc(C(F)(F)F)c3)c(C3CC3)n2CCN1OC(N)=O. The Morgan fingerprint density at radius 2 is 1.71 bits per heavy atom. The first kappa shape index (κ1) is 23.9. The van der Waals surface area contributed by atoms with Gasteiger partial charge in [0.1, 0.15) is 0 Å². The molecule has 4 rings (SSSR count). The number of hydrogen-bond acceptors (Lipinski definition) is 5. The molecule has 2 aromatic rings. The number of benzene rings is 1. The smallest absolute Gasteiger partial charge is 0.408 e. The Morgan fingerprint density at radius 3 is 2.24 bits per heavy atom. The Kier molecular flexibility index (Phi) is 5.79. The average molecular weight is 480 g/mol. The molecule has 1 aliphatic heterocycles. The van der Waals surface area contributed by atoms with Crippen LogP contribution in [0.5, 0.6) is 5.75 Å². The predicted molar refractivity (Wildman–Crippen MR) is 117 cm³/mol. The quantitative estimate of drug-likeness (QED) is 0.645.